The normalized spacial score (nSPS) is 10.6. The summed E-state index contributed by atoms with van der Waals surface area (Å²) < 4.78 is 2.02. The first-order valence-electron chi connectivity index (χ1n) is 7.95. The monoisotopic (exact) mass is 327 g/mol. The van der Waals surface area contributed by atoms with Gasteiger partial charge >= 0.3 is 0 Å². The van der Waals surface area contributed by atoms with Crippen molar-refractivity contribution in [2.24, 2.45) is 0 Å². The van der Waals surface area contributed by atoms with Gasteiger partial charge in [0.1, 0.15) is 6.33 Å². The van der Waals surface area contributed by atoms with E-state index in [9.17, 15) is 0 Å². The van der Waals surface area contributed by atoms with E-state index in [1.54, 1.807) is 12.4 Å². The third-order valence-corrected chi connectivity index (χ3v) is 3.97. The molecule has 122 valence electrons. The smallest absolute Gasteiger partial charge is 0.115 e. The molecule has 0 spiro atoms. The highest BCUT2D eigenvalue weighted by Gasteiger charge is 2.04. The summed E-state index contributed by atoms with van der Waals surface area (Å²) in [4.78, 5) is 8.14. The Bertz CT molecular complexity index is 978. The van der Waals surface area contributed by atoms with Gasteiger partial charge in [-0.25, -0.2) is 9.97 Å². The van der Waals surface area contributed by atoms with Gasteiger partial charge in [0, 0.05) is 41.7 Å². The van der Waals surface area contributed by atoms with Gasteiger partial charge in [0.2, 0.25) is 0 Å². The van der Waals surface area contributed by atoms with Gasteiger partial charge in [0.05, 0.1) is 11.4 Å². The maximum absolute atomic E-state index is 6.23. The molecule has 2 aromatic carbocycles. The fourth-order valence-corrected chi connectivity index (χ4v) is 2.71. The number of benzene rings is 2. The lowest BCUT2D eigenvalue weighted by atomic mass is 10.1. The number of nitrogen functional groups attached to an aromatic ring is 1. The number of nitrogens with two attached hydrogens (primary N) is 1. The first-order valence-corrected chi connectivity index (χ1v) is 7.95. The maximum Gasteiger partial charge on any atom is 0.115 e. The van der Waals surface area contributed by atoms with Crippen LogP contribution in [0.25, 0.3) is 16.8 Å². The Labute approximate surface area is 145 Å². The minimum Gasteiger partial charge on any atom is -0.397 e. The molecule has 4 rings (SSSR count). The van der Waals surface area contributed by atoms with E-state index >= 15 is 0 Å². The second-order valence-corrected chi connectivity index (χ2v) is 5.69. The zero-order valence-electron chi connectivity index (χ0n) is 13.5. The molecule has 0 radical (unpaired) electrons. The molecular formula is C20H17N5. The van der Waals surface area contributed by atoms with Crippen LogP contribution in [-0.4, -0.2) is 14.5 Å². The van der Waals surface area contributed by atoms with Crippen LogP contribution < -0.4 is 11.1 Å². The minimum absolute atomic E-state index is 0.694. The fourth-order valence-electron chi connectivity index (χ4n) is 2.71. The Kier molecular flexibility index (Phi) is 3.88. The third-order valence-electron chi connectivity index (χ3n) is 3.97. The van der Waals surface area contributed by atoms with Crippen molar-refractivity contribution >= 4 is 17.1 Å². The standard InChI is InChI=1S/C20H17N5/c21-19-11-18(25-8-1-2-9-25)6-7-20(19)24-17-5-3-4-15(10-17)16-12-22-14-23-13-16/h1-14,24H,21H2. The molecule has 0 aliphatic heterocycles. The molecule has 0 aliphatic rings. The summed E-state index contributed by atoms with van der Waals surface area (Å²) in [5.74, 6) is 0. The summed E-state index contributed by atoms with van der Waals surface area (Å²) in [6.07, 6.45) is 9.11. The van der Waals surface area contributed by atoms with Gasteiger partial charge in [-0.3, -0.25) is 0 Å². The van der Waals surface area contributed by atoms with Crippen molar-refractivity contribution in [1.82, 2.24) is 14.5 Å². The average molecular weight is 327 g/mol. The van der Waals surface area contributed by atoms with Crippen LogP contribution in [0, 0.1) is 0 Å². The predicted molar refractivity (Wildman–Crippen MR) is 101 cm³/mol. The molecular weight excluding hydrogens is 310 g/mol. The lowest BCUT2D eigenvalue weighted by molar-refractivity contribution is 1.08. The average Bonchev–Trinajstić information content (AvgIpc) is 3.19. The first kappa shape index (κ1) is 15.0. The molecule has 0 saturated carbocycles. The number of hydrogen-bond donors (Lipinski definition) is 2. The predicted octanol–water partition coefficient (Wildman–Crippen LogP) is 4.26. The summed E-state index contributed by atoms with van der Waals surface area (Å²) in [7, 11) is 0. The molecule has 5 nitrogen and oxygen atoms in total. The van der Waals surface area contributed by atoms with E-state index in [-0.39, 0.29) is 0 Å². The van der Waals surface area contributed by atoms with Crippen LogP contribution in [0.4, 0.5) is 17.1 Å². The molecule has 0 atom stereocenters. The second kappa shape index (κ2) is 6.49. The van der Waals surface area contributed by atoms with Crippen molar-refractivity contribution in [2.75, 3.05) is 11.1 Å². The molecule has 4 aromatic rings. The summed E-state index contributed by atoms with van der Waals surface area (Å²) in [6, 6.07) is 18.0. The largest absolute Gasteiger partial charge is 0.397 e. The van der Waals surface area contributed by atoms with Crippen molar-refractivity contribution in [1.29, 1.82) is 0 Å². The Morgan fingerprint density at radius 2 is 1.64 bits per heavy atom. The Balaban J connectivity index is 1.60. The summed E-state index contributed by atoms with van der Waals surface area (Å²) in [5.41, 5.74) is 11.8. The molecule has 0 bridgehead atoms. The molecule has 0 amide bonds. The Morgan fingerprint density at radius 1 is 0.840 bits per heavy atom. The highest BCUT2D eigenvalue weighted by molar-refractivity contribution is 5.77. The second-order valence-electron chi connectivity index (χ2n) is 5.69. The van der Waals surface area contributed by atoms with Crippen LogP contribution in [-0.2, 0) is 0 Å². The van der Waals surface area contributed by atoms with E-state index < -0.39 is 0 Å². The number of nitrogens with zero attached hydrogens (tertiary/aromatic N) is 3. The SMILES string of the molecule is Nc1cc(-n2cccc2)ccc1Nc1cccc(-c2cncnc2)c1. The van der Waals surface area contributed by atoms with Crippen LogP contribution in [0.15, 0.2) is 85.7 Å². The molecule has 0 saturated heterocycles. The molecule has 0 unspecified atom stereocenters. The zero-order valence-corrected chi connectivity index (χ0v) is 13.5. The molecule has 5 heteroatoms. The van der Waals surface area contributed by atoms with E-state index in [0.717, 1.165) is 28.2 Å². The van der Waals surface area contributed by atoms with Gasteiger partial charge in [0.15, 0.2) is 0 Å². The Hall–Kier alpha value is -3.60. The van der Waals surface area contributed by atoms with Crippen molar-refractivity contribution in [2.45, 2.75) is 0 Å². The minimum atomic E-state index is 0.694. The van der Waals surface area contributed by atoms with E-state index in [1.807, 2.05) is 65.5 Å². The highest BCUT2D eigenvalue weighted by atomic mass is 15.0. The van der Waals surface area contributed by atoms with Gasteiger partial charge in [-0.15, -0.1) is 0 Å². The van der Waals surface area contributed by atoms with Crippen LogP contribution in [0.3, 0.4) is 0 Å². The topological polar surface area (TPSA) is 68.8 Å². The van der Waals surface area contributed by atoms with Crippen molar-refractivity contribution in [3.05, 3.63) is 85.7 Å². The van der Waals surface area contributed by atoms with Gasteiger partial charge in [-0.05, 0) is 48.0 Å². The summed E-state index contributed by atoms with van der Waals surface area (Å²) >= 11 is 0. The molecule has 25 heavy (non-hydrogen) atoms. The number of rotatable bonds is 4. The summed E-state index contributed by atoms with van der Waals surface area (Å²) in [5, 5.41) is 3.38. The third kappa shape index (κ3) is 3.21. The van der Waals surface area contributed by atoms with E-state index in [2.05, 4.69) is 21.4 Å². The molecule has 2 heterocycles. The van der Waals surface area contributed by atoms with Crippen LogP contribution >= 0.6 is 0 Å². The van der Waals surface area contributed by atoms with Gasteiger partial charge in [-0.2, -0.15) is 0 Å². The number of hydrogen-bond acceptors (Lipinski definition) is 4. The lowest BCUT2D eigenvalue weighted by Crippen LogP contribution is -1.99. The Morgan fingerprint density at radius 3 is 2.40 bits per heavy atom. The van der Waals surface area contributed by atoms with Gasteiger partial charge < -0.3 is 15.6 Å². The molecule has 0 aliphatic carbocycles. The zero-order chi connectivity index (χ0) is 17.1. The van der Waals surface area contributed by atoms with Crippen LogP contribution in [0.2, 0.25) is 0 Å². The fraction of sp³-hybridized carbons (Fsp3) is 0. The van der Waals surface area contributed by atoms with Crippen molar-refractivity contribution in [3.63, 3.8) is 0 Å². The number of aromatic nitrogens is 3. The van der Waals surface area contributed by atoms with E-state index in [4.69, 9.17) is 5.73 Å². The molecule has 2 aromatic heterocycles. The van der Waals surface area contributed by atoms with E-state index in [1.165, 1.54) is 6.33 Å². The lowest BCUT2D eigenvalue weighted by Gasteiger charge is -2.12. The number of anilines is 3. The van der Waals surface area contributed by atoms with Crippen LogP contribution in [0.1, 0.15) is 0 Å². The van der Waals surface area contributed by atoms with Crippen LogP contribution in [0.5, 0.6) is 0 Å². The van der Waals surface area contributed by atoms with E-state index in [0.29, 0.717) is 5.69 Å². The van der Waals surface area contributed by atoms with Gasteiger partial charge in [0.25, 0.3) is 0 Å². The first-order chi connectivity index (χ1) is 12.3. The van der Waals surface area contributed by atoms with Crippen molar-refractivity contribution in [3.8, 4) is 16.8 Å². The molecule has 3 N–H and O–H groups in total. The quantitative estimate of drug-likeness (QED) is 0.550. The maximum atomic E-state index is 6.23. The highest BCUT2D eigenvalue weighted by Crippen LogP contribution is 2.28. The van der Waals surface area contributed by atoms with Crippen molar-refractivity contribution < 1.29 is 0 Å². The van der Waals surface area contributed by atoms with Gasteiger partial charge in [-0.1, -0.05) is 12.1 Å². The molecule has 0 fully saturated rings. The number of nitrogens with one attached hydrogen (secondary N) is 1. The summed E-state index contributed by atoms with van der Waals surface area (Å²) in [6.45, 7) is 0.